The molecule has 1 amide bonds. The van der Waals surface area contributed by atoms with Gasteiger partial charge in [-0.15, -0.1) is 0 Å². The van der Waals surface area contributed by atoms with Crippen LogP contribution in [0, 0.1) is 0 Å². The molecule has 5 rings (SSSR count). The van der Waals surface area contributed by atoms with Gasteiger partial charge in [-0.1, -0.05) is 30.3 Å². The van der Waals surface area contributed by atoms with Gasteiger partial charge in [0.25, 0.3) is 5.91 Å². The Labute approximate surface area is 165 Å². The third-order valence-corrected chi connectivity index (χ3v) is 6.07. The van der Waals surface area contributed by atoms with E-state index in [9.17, 15) is 4.79 Å². The number of benzene rings is 1. The van der Waals surface area contributed by atoms with Gasteiger partial charge in [0.1, 0.15) is 11.5 Å². The SMILES string of the molecule is O=C(N[C@H]1C[C@H]2CO[C@@H](c3ccccc3)CN2C1)c1cn2c(n1)CCNCC2. The molecule has 0 saturated carbocycles. The van der Waals surface area contributed by atoms with Gasteiger partial charge in [0.05, 0.1) is 12.7 Å². The van der Waals surface area contributed by atoms with E-state index in [1.54, 1.807) is 0 Å². The van der Waals surface area contributed by atoms with E-state index in [1.807, 2.05) is 12.3 Å². The normalized spacial score (nSPS) is 27.6. The lowest BCUT2D eigenvalue weighted by Crippen LogP contribution is -2.43. The summed E-state index contributed by atoms with van der Waals surface area (Å²) >= 11 is 0. The minimum absolute atomic E-state index is 0.0566. The maximum atomic E-state index is 12.7. The van der Waals surface area contributed by atoms with Crippen LogP contribution in [0.2, 0.25) is 0 Å². The van der Waals surface area contributed by atoms with Crippen LogP contribution in [-0.4, -0.2) is 65.2 Å². The molecule has 3 aliphatic rings. The second-order valence-corrected chi connectivity index (χ2v) is 7.98. The summed E-state index contributed by atoms with van der Waals surface area (Å²) in [5.74, 6) is 0.942. The zero-order valence-electron chi connectivity index (χ0n) is 16.0. The number of amides is 1. The van der Waals surface area contributed by atoms with Crippen LogP contribution in [-0.2, 0) is 17.7 Å². The quantitative estimate of drug-likeness (QED) is 0.829. The fraction of sp³-hybridized carbons (Fsp3) is 0.524. The van der Waals surface area contributed by atoms with Gasteiger partial charge < -0.3 is 19.9 Å². The summed E-state index contributed by atoms with van der Waals surface area (Å²) in [7, 11) is 0. The maximum absolute atomic E-state index is 12.7. The summed E-state index contributed by atoms with van der Waals surface area (Å²) in [5.41, 5.74) is 1.77. The van der Waals surface area contributed by atoms with Crippen molar-refractivity contribution in [2.24, 2.45) is 0 Å². The van der Waals surface area contributed by atoms with Crippen LogP contribution in [0.15, 0.2) is 36.5 Å². The van der Waals surface area contributed by atoms with Gasteiger partial charge in [-0.05, 0) is 12.0 Å². The van der Waals surface area contributed by atoms with Crippen LogP contribution in [0.4, 0.5) is 0 Å². The fourth-order valence-corrected chi connectivity index (χ4v) is 4.59. The highest BCUT2D eigenvalue weighted by molar-refractivity contribution is 5.92. The molecule has 1 aromatic carbocycles. The van der Waals surface area contributed by atoms with Gasteiger partial charge in [-0.2, -0.15) is 0 Å². The lowest BCUT2D eigenvalue weighted by atomic mass is 10.1. The molecular formula is C21H27N5O2. The second-order valence-electron chi connectivity index (χ2n) is 7.98. The number of rotatable bonds is 3. The van der Waals surface area contributed by atoms with Crippen LogP contribution in [0.1, 0.15) is 34.4 Å². The molecule has 3 atom stereocenters. The van der Waals surface area contributed by atoms with Crippen molar-refractivity contribution in [3.05, 3.63) is 53.6 Å². The van der Waals surface area contributed by atoms with Gasteiger partial charge in [-0.25, -0.2) is 4.98 Å². The summed E-state index contributed by atoms with van der Waals surface area (Å²) in [6.07, 6.45) is 3.81. The van der Waals surface area contributed by atoms with Gasteiger partial charge >= 0.3 is 0 Å². The topological polar surface area (TPSA) is 71.4 Å². The van der Waals surface area contributed by atoms with Crippen LogP contribution in [0.3, 0.4) is 0 Å². The average Bonchev–Trinajstić information content (AvgIpc) is 3.25. The Kier molecular flexibility index (Phi) is 4.88. The van der Waals surface area contributed by atoms with Gasteiger partial charge in [0.15, 0.2) is 0 Å². The molecule has 2 saturated heterocycles. The number of nitrogens with zero attached hydrogens (tertiary/aromatic N) is 3. The van der Waals surface area contributed by atoms with E-state index in [2.05, 4.69) is 49.4 Å². The Morgan fingerprint density at radius 3 is 3.00 bits per heavy atom. The van der Waals surface area contributed by atoms with Crippen LogP contribution >= 0.6 is 0 Å². The van der Waals surface area contributed by atoms with Crippen molar-refractivity contribution in [2.45, 2.75) is 37.6 Å². The predicted molar refractivity (Wildman–Crippen MR) is 105 cm³/mol. The van der Waals surface area contributed by atoms with E-state index in [-0.39, 0.29) is 18.1 Å². The maximum Gasteiger partial charge on any atom is 0.271 e. The number of fused-ring (bicyclic) bond motifs is 2. The molecule has 2 N–H and O–H groups in total. The lowest BCUT2D eigenvalue weighted by molar-refractivity contribution is -0.0502. The lowest BCUT2D eigenvalue weighted by Gasteiger charge is -2.35. The number of ether oxygens (including phenoxy) is 1. The number of imidazole rings is 1. The van der Waals surface area contributed by atoms with Crippen LogP contribution in [0.5, 0.6) is 0 Å². The van der Waals surface area contributed by atoms with Gasteiger partial charge in [0, 0.05) is 57.4 Å². The third kappa shape index (κ3) is 3.57. The van der Waals surface area contributed by atoms with E-state index in [1.165, 1.54) is 5.56 Å². The Morgan fingerprint density at radius 2 is 2.11 bits per heavy atom. The highest BCUT2D eigenvalue weighted by atomic mass is 16.5. The Bertz CT molecular complexity index is 813. The summed E-state index contributed by atoms with van der Waals surface area (Å²) in [5, 5.41) is 6.56. The summed E-state index contributed by atoms with van der Waals surface area (Å²) in [6.45, 7) is 5.18. The second kappa shape index (κ2) is 7.66. The van der Waals surface area contributed by atoms with Gasteiger partial charge in [0.2, 0.25) is 0 Å². The molecule has 28 heavy (non-hydrogen) atoms. The number of hydrogen-bond donors (Lipinski definition) is 2. The summed E-state index contributed by atoms with van der Waals surface area (Å²) in [4.78, 5) is 19.8. The number of hydrogen-bond acceptors (Lipinski definition) is 5. The molecule has 3 aliphatic heterocycles. The highest BCUT2D eigenvalue weighted by Crippen LogP contribution is 2.30. The fourth-order valence-electron chi connectivity index (χ4n) is 4.59. The first-order chi connectivity index (χ1) is 13.8. The summed E-state index contributed by atoms with van der Waals surface area (Å²) < 4.78 is 8.21. The van der Waals surface area contributed by atoms with E-state index >= 15 is 0 Å². The first-order valence-electron chi connectivity index (χ1n) is 10.2. The molecule has 4 heterocycles. The molecule has 0 unspecified atom stereocenters. The van der Waals surface area contributed by atoms with Crippen LogP contribution < -0.4 is 10.6 Å². The number of aromatic nitrogens is 2. The van der Waals surface area contributed by atoms with Gasteiger partial charge in [-0.3, -0.25) is 9.69 Å². The van der Waals surface area contributed by atoms with Crippen molar-refractivity contribution in [3.63, 3.8) is 0 Å². The van der Waals surface area contributed by atoms with Crippen molar-refractivity contribution < 1.29 is 9.53 Å². The minimum atomic E-state index is -0.0566. The number of morpholine rings is 1. The third-order valence-electron chi connectivity index (χ3n) is 6.07. The molecule has 7 nitrogen and oxygen atoms in total. The first kappa shape index (κ1) is 17.8. The Hall–Kier alpha value is -2.22. The number of carbonyl (C=O) groups is 1. The average molecular weight is 381 g/mol. The standard InChI is InChI=1S/C21H27N5O2/c27-21(18-12-25-9-8-22-7-6-20(25)24-18)23-16-10-17-14-28-19(13-26(17)11-16)15-4-2-1-3-5-15/h1-5,12,16-17,19,22H,6-11,13-14H2,(H,23,27)/t16-,17-,19+/m0/s1. The predicted octanol–water partition coefficient (Wildman–Crippen LogP) is 0.973. The molecule has 1 aromatic heterocycles. The Balaban J connectivity index is 1.20. The Morgan fingerprint density at radius 1 is 1.21 bits per heavy atom. The van der Waals surface area contributed by atoms with Crippen molar-refractivity contribution in [3.8, 4) is 0 Å². The van der Waals surface area contributed by atoms with Crippen molar-refractivity contribution in [1.29, 1.82) is 0 Å². The monoisotopic (exact) mass is 381 g/mol. The zero-order valence-corrected chi connectivity index (χ0v) is 16.0. The molecular weight excluding hydrogens is 354 g/mol. The van der Waals surface area contributed by atoms with E-state index in [0.29, 0.717) is 11.7 Å². The number of carbonyl (C=O) groups excluding carboxylic acids is 1. The molecule has 148 valence electrons. The molecule has 2 aromatic rings. The molecule has 2 fully saturated rings. The summed E-state index contributed by atoms with van der Waals surface area (Å²) in [6, 6.07) is 10.9. The number of nitrogens with one attached hydrogen (secondary N) is 2. The molecule has 0 radical (unpaired) electrons. The first-order valence-corrected chi connectivity index (χ1v) is 10.2. The molecule has 0 bridgehead atoms. The van der Waals surface area contributed by atoms with Crippen molar-refractivity contribution in [2.75, 3.05) is 32.8 Å². The van der Waals surface area contributed by atoms with Crippen molar-refractivity contribution >= 4 is 5.91 Å². The molecule has 0 spiro atoms. The minimum Gasteiger partial charge on any atom is -0.371 e. The largest absolute Gasteiger partial charge is 0.371 e. The van der Waals surface area contributed by atoms with E-state index in [4.69, 9.17) is 4.74 Å². The molecule has 7 heteroatoms. The smallest absolute Gasteiger partial charge is 0.271 e. The van der Waals surface area contributed by atoms with Crippen LogP contribution in [0.25, 0.3) is 0 Å². The van der Waals surface area contributed by atoms with E-state index < -0.39 is 0 Å². The van der Waals surface area contributed by atoms with Crippen molar-refractivity contribution in [1.82, 2.24) is 25.1 Å². The molecule has 0 aliphatic carbocycles. The zero-order chi connectivity index (χ0) is 18.9. The van der Waals surface area contributed by atoms with E-state index in [0.717, 1.165) is 58.0 Å². The highest BCUT2D eigenvalue weighted by Gasteiger charge is 2.38.